The van der Waals surface area contributed by atoms with Crippen molar-refractivity contribution in [2.75, 3.05) is 6.79 Å². The Hall–Kier alpha value is -1.92. The van der Waals surface area contributed by atoms with Crippen molar-refractivity contribution < 1.29 is 28.5 Å². The molecule has 2 aliphatic heterocycles. The van der Waals surface area contributed by atoms with Crippen molar-refractivity contribution >= 4 is 12.6 Å². The van der Waals surface area contributed by atoms with Gasteiger partial charge in [0.25, 0.3) is 0 Å². The van der Waals surface area contributed by atoms with Crippen LogP contribution in [-0.4, -0.2) is 37.4 Å². The number of aldehydes is 2. The van der Waals surface area contributed by atoms with Crippen LogP contribution in [0.5, 0.6) is 11.5 Å². The fraction of sp³-hybridized carbons (Fsp3) is 0.556. The summed E-state index contributed by atoms with van der Waals surface area (Å²) in [5, 5.41) is 0. The number of rotatable bonds is 3. The van der Waals surface area contributed by atoms with Gasteiger partial charge >= 0.3 is 0 Å². The molecule has 0 N–H and O–H groups in total. The van der Waals surface area contributed by atoms with E-state index in [1.165, 1.54) is 0 Å². The highest BCUT2D eigenvalue weighted by molar-refractivity contribution is 5.80. The normalized spacial score (nSPS) is 33.1. The summed E-state index contributed by atoms with van der Waals surface area (Å²) in [5.41, 5.74) is 1.35. The molecule has 1 saturated heterocycles. The van der Waals surface area contributed by atoms with Crippen molar-refractivity contribution in [2.24, 2.45) is 5.92 Å². The van der Waals surface area contributed by atoms with Gasteiger partial charge in [0, 0.05) is 11.5 Å². The van der Waals surface area contributed by atoms with Crippen LogP contribution < -0.4 is 9.47 Å². The van der Waals surface area contributed by atoms with Crippen molar-refractivity contribution in [1.82, 2.24) is 0 Å². The maximum absolute atomic E-state index is 11.7. The van der Waals surface area contributed by atoms with Gasteiger partial charge in [-0.15, -0.1) is 0 Å². The number of carbonyl (C=O) groups excluding carboxylic acids is 2. The molecular formula is C18H20O6. The Morgan fingerprint density at radius 2 is 1.71 bits per heavy atom. The Morgan fingerprint density at radius 3 is 2.38 bits per heavy atom. The highest BCUT2D eigenvalue weighted by Gasteiger charge is 2.48. The Kier molecular flexibility index (Phi) is 3.62. The number of hydrogen-bond donors (Lipinski definition) is 0. The third kappa shape index (κ3) is 2.50. The van der Waals surface area contributed by atoms with Crippen molar-refractivity contribution in [3.05, 3.63) is 23.3 Å². The SMILES string of the molecule is CC1(C)OC2CC(C=O)C(c3cc4c(cc3C=O)OCO4)CC2O1. The Balaban J connectivity index is 1.70. The van der Waals surface area contributed by atoms with E-state index in [1.54, 1.807) is 6.07 Å². The van der Waals surface area contributed by atoms with Crippen LogP contribution in [0.1, 0.15) is 48.5 Å². The summed E-state index contributed by atoms with van der Waals surface area (Å²) in [6, 6.07) is 3.52. The number of hydrogen-bond acceptors (Lipinski definition) is 6. The molecular weight excluding hydrogens is 312 g/mol. The van der Waals surface area contributed by atoms with Gasteiger partial charge in [-0.2, -0.15) is 0 Å². The predicted molar refractivity (Wildman–Crippen MR) is 83.3 cm³/mol. The maximum atomic E-state index is 11.7. The molecule has 0 spiro atoms. The van der Waals surface area contributed by atoms with E-state index in [4.69, 9.17) is 18.9 Å². The van der Waals surface area contributed by atoms with Gasteiger partial charge in [-0.3, -0.25) is 4.79 Å². The standard InChI is InChI=1S/C18H20O6/c1-18(2)23-16-4-11(8-20)13(6-17(16)24-18)12-5-15-14(21-9-22-15)3-10(12)7-19/h3,5,7-8,11,13,16-17H,4,6,9H2,1-2H3. The summed E-state index contributed by atoms with van der Waals surface area (Å²) < 4.78 is 22.7. The molecule has 4 unspecified atom stereocenters. The zero-order valence-corrected chi connectivity index (χ0v) is 13.7. The maximum Gasteiger partial charge on any atom is 0.231 e. The third-order valence-electron chi connectivity index (χ3n) is 5.07. The van der Waals surface area contributed by atoms with Crippen LogP contribution in [0.15, 0.2) is 12.1 Å². The molecule has 6 nitrogen and oxygen atoms in total. The van der Waals surface area contributed by atoms with Crippen LogP contribution in [0.25, 0.3) is 0 Å². The fourth-order valence-corrected chi connectivity index (χ4v) is 4.07. The van der Waals surface area contributed by atoms with Gasteiger partial charge in [-0.25, -0.2) is 0 Å². The van der Waals surface area contributed by atoms with Crippen LogP contribution in [0, 0.1) is 5.92 Å². The van der Waals surface area contributed by atoms with Crippen molar-refractivity contribution in [2.45, 2.75) is 50.6 Å². The molecule has 4 rings (SSSR count). The molecule has 2 fully saturated rings. The van der Waals surface area contributed by atoms with Crippen molar-refractivity contribution in [1.29, 1.82) is 0 Å². The zero-order chi connectivity index (χ0) is 16.9. The molecule has 128 valence electrons. The molecule has 0 aromatic heterocycles. The molecule has 1 aromatic rings. The van der Waals surface area contributed by atoms with Crippen molar-refractivity contribution in [3.8, 4) is 11.5 Å². The average molecular weight is 332 g/mol. The highest BCUT2D eigenvalue weighted by atomic mass is 16.8. The summed E-state index contributed by atoms with van der Waals surface area (Å²) >= 11 is 0. The van der Waals surface area contributed by atoms with Crippen LogP contribution in [0.4, 0.5) is 0 Å². The molecule has 24 heavy (non-hydrogen) atoms. The van der Waals surface area contributed by atoms with Gasteiger partial charge in [0.2, 0.25) is 6.79 Å². The lowest BCUT2D eigenvalue weighted by atomic mass is 9.72. The molecule has 3 aliphatic rings. The number of benzene rings is 1. The van der Waals surface area contributed by atoms with Gasteiger partial charge in [0.1, 0.15) is 12.6 Å². The molecule has 4 atom stereocenters. The van der Waals surface area contributed by atoms with Crippen LogP contribution in [-0.2, 0) is 14.3 Å². The second-order valence-electron chi connectivity index (χ2n) is 7.04. The molecule has 0 bridgehead atoms. The fourth-order valence-electron chi connectivity index (χ4n) is 4.07. The van der Waals surface area contributed by atoms with Crippen molar-refractivity contribution in [3.63, 3.8) is 0 Å². The molecule has 6 heteroatoms. The first-order valence-electron chi connectivity index (χ1n) is 8.20. The van der Waals surface area contributed by atoms with Gasteiger partial charge in [0.05, 0.1) is 12.2 Å². The van der Waals surface area contributed by atoms with E-state index in [0.29, 0.717) is 29.9 Å². The first-order chi connectivity index (χ1) is 11.5. The van der Waals surface area contributed by atoms with E-state index < -0.39 is 5.79 Å². The van der Waals surface area contributed by atoms with Gasteiger partial charge in [0.15, 0.2) is 17.3 Å². The summed E-state index contributed by atoms with van der Waals surface area (Å²) in [4.78, 5) is 23.2. The van der Waals surface area contributed by atoms with Crippen LogP contribution in [0.2, 0.25) is 0 Å². The molecule has 1 aliphatic carbocycles. The van der Waals surface area contributed by atoms with Gasteiger partial charge < -0.3 is 23.7 Å². The molecule has 1 saturated carbocycles. The number of fused-ring (bicyclic) bond motifs is 2. The second-order valence-corrected chi connectivity index (χ2v) is 7.04. The Labute approximate surface area is 140 Å². The number of ether oxygens (including phenoxy) is 4. The van der Waals surface area contributed by atoms with Gasteiger partial charge in [-0.1, -0.05) is 0 Å². The lowest BCUT2D eigenvalue weighted by Crippen LogP contribution is -2.37. The Morgan fingerprint density at radius 1 is 1.04 bits per heavy atom. The molecule has 0 radical (unpaired) electrons. The molecule has 2 heterocycles. The lowest BCUT2D eigenvalue weighted by molar-refractivity contribution is -0.146. The van der Waals surface area contributed by atoms with Crippen LogP contribution >= 0.6 is 0 Å². The van der Waals surface area contributed by atoms with E-state index in [1.807, 2.05) is 19.9 Å². The predicted octanol–water partition coefficient (Wildman–Crippen LogP) is 2.44. The monoisotopic (exact) mass is 332 g/mol. The minimum Gasteiger partial charge on any atom is -0.454 e. The minimum absolute atomic E-state index is 0.0777. The van der Waals surface area contributed by atoms with E-state index >= 15 is 0 Å². The second kappa shape index (κ2) is 5.57. The summed E-state index contributed by atoms with van der Waals surface area (Å²) in [6.45, 7) is 3.91. The van der Waals surface area contributed by atoms with E-state index in [2.05, 4.69) is 0 Å². The summed E-state index contributed by atoms with van der Waals surface area (Å²) in [7, 11) is 0. The quantitative estimate of drug-likeness (QED) is 0.792. The van der Waals surface area contributed by atoms with E-state index in [-0.39, 0.29) is 30.8 Å². The molecule has 0 amide bonds. The van der Waals surface area contributed by atoms with E-state index in [9.17, 15) is 9.59 Å². The smallest absolute Gasteiger partial charge is 0.231 e. The van der Waals surface area contributed by atoms with E-state index in [0.717, 1.165) is 18.1 Å². The Bertz CT molecular complexity index is 682. The lowest BCUT2D eigenvalue weighted by Gasteiger charge is -2.34. The topological polar surface area (TPSA) is 71.1 Å². The highest BCUT2D eigenvalue weighted by Crippen LogP contribution is 2.47. The van der Waals surface area contributed by atoms with Gasteiger partial charge in [-0.05, 0) is 50.3 Å². The first kappa shape index (κ1) is 15.6. The molecule has 1 aromatic carbocycles. The average Bonchev–Trinajstić information content (AvgIpc) is 3.12. The largest absolute Gasteiger partial charge is 0.454 e. The minimum atomic E-state index is -0.639. The summed E-state index contributed by atoms with van der Waals surface area (Å²) in [5.74, 6) is 0.226. The van der Waals surface area contributed by atoms with Crippen LogP contribution in [0.3, 0.4) is 0 Å². The number of carbonyl (C=O) groups is 2. The summed E-state index contributed by atoms with van der Waals surface area (Å²) in [6.07, 6.45) is 2.84. The zero-order valence-electron chi connectivity index (χ0n) is 13.7. The third-order valence-corrected chi connectivity index (χ3v) is 5.07. The first-order valence-corrected chi connectivity index (χ1v) is 8.20.